The molecule has 0 radical (unpaired) electrons. The normalized spacial score (nSPS) is 11.8. The second-order valence-corrected chi connectivity index (χ2v) is 6.29. The highest BCUT2D eigenvalue weighted by molar-refractivity contribution is 5.94. The molecule has 28 heavy (non-hydrogen) atoms. The van der Waals surface area contributed by atoms with Gasteiger partial charge in [-0.05, 0) is 31.2 Å². The van der Waals surface area contributed by atoms with E-state index in [9.17, 15) is 19.7 Å². The summed E-state index contributed by atoms with van der Waals surface area (Å²) >= 11 is 0. The van der Waals surface area contributed by atoms with E-state index in [0.717, 1.165) is 11.0 Å². The largest absolute Gasteiger partial charge is 0.459 e. The Bertz CT molecular complexity index is 977. The molecule has 8 heteroatoms. The van der Waals surface area contributed by atoms with Crippen molar-refractivity contribution in [1.29, 1.82) is 0 Å². The molecule has 0 aliphatic heterocycles. The van der Waals surface area contributed by atoms with Gasteiger partial charge in [0.15, 0.2) is 0 Å². The van der Waals surface area contributed by atoms with Crippen LogP contribution in [-0.2, 0) is 4.79 Å². The maximum absolute atomic E-state index is 12.1. The predicted molar refractivity (Wildman–Crippen MR) is 103 cm³/mol. The molecular formula is C20H19N3O5. The molecule has 3 aromatic rings. The molecule has 8 nitrogen and oxygen atoms in total. The number of hydrogen-bond acceptors (Lipinski definition) is 5. The number of fused-ring (bicyclic) bond motifs is 1. The number of benzene rings is 2. The van der Waals surface area contributed by atoms with E-state index >= 15 is 0 Å². The second-order valence-electron chi connectivity index (χ2n) is 6.29. The average Bonchev–Trinajstić information content (AvgIpc) is 3.12. The number of nitro benzene ring substituents is 1. The molecule has 1 atom stereocenters. The number of carbonyl (C=O) groups is 2. The Kier molecular flexibility index (Phi) is 5.69. The van der Waals surface area contributed by atoms with Crippen molar-refractivity contribution >= 4 is 28.5 Å². The van der Waals surface area contributed by atoms with Crippen molar-refractivity contribution < 1.29 is 18.9 Å². The molecule has 0 saturated heterocycles. The zero-order valence-electron chi connectivity index (χ0n) is 15.2. The monoisotopic (exact) mass is 381 g/mol. The molecule has 0 spiro atoms. The Morgan fingerprint density at radius 1 is 1.14 bits per heavy atom. The summed E-state index contributed by atoms with van der Waals surface area (Å²) in [6.07, 6.45) is 0.100. The van der Waals surface area contributed by atoms with Crippen LogP contribution in [0.3, 0.4) is 0 Å². The second kappa shape index (κ2) is 8.34. The Morgan fingerprint density at radius 2 is 1.86 bits per heavy atom. The molecule has 0 aliphatic rings. The third kappa shape index (κ3) is 4.53. The van der Waals surface area contributed by atoms with Crippen molar-refractivity contribution in [3.8, 4) is 0 Å². The minimum Gasteiger partial charge on any atom is -0.459 e. The summed E-state index contributed by atoms with van der Waals surface area (Å²) in [5.74, 6) is 0.0365. The van der Waals surface area contributed by atoms with E-state index in [1.165, 1.54) is 24.3 Å². The standard InChI is InChI=1S/C20H19N3O5/c1-13(18-12-15-4-2-3-5-17(15)28-18)22-19(24)10-11-21-20(25)14-6-8-16(9-7-14)23(26)27/h2-9,12-13H,10-11H2,1H3,(H,21,25)(H,22,24)/t13-/m1/s1. The topological polar surface area (TPSA) is 114 Å². The maximum atomic E-state index is 12.1. The first kappa shape index (κ1) is 19.1. The molecular weight excluding hydrogens is 362 g/mol. The van der Waals surface area contributed by atoms with Gasteiger partial charge in [-0.3, -0.25) is 19.7 Å². The summed E-state index contributed by atoms with van der Waals surface area (Å²) in [7, 11) is 0. The van der Waals surface area contributed by atoms with E-state index in [4.69, 9.17) is 4.42 Å². The molecule has 0 unspecified atom stereocenters. The molecule has 2 N–H and O–H groups in total. The number of furan rings is 1. The summed E-state index contributed by atoms with van der Waals surface area (Å²) in [4.78, 5) is 34.2. The predicted octanol–water partition coefficient (Wildman–Crippen LogP) is 3.34. The number of amides is 2. The molecule has 2 aromatic carbocycles. The Hall–Kier alpha value is -3.68. The fourth-order valence-electron chi connectivity index (χ4n) is 2.73. The van der Waals surface area contributed by atoms with Gasteiger partial charge in [-0.15, -0.1) is 0 Å². The summed E-state index contributed by atoms with van der Waals surface area (Å²) in [5, 5.41) is 17.0. The fraction of sp³-hybridized carbons (Fsp3) is 0.200. The van der Waals surface area contributed by atoms with Gasteiger partial charge in [0.25, 0.3) is 11.6 Å². The van der Waals surface area contributed by atoms with Crippen LogP contribution in [0.2, 0.25) is 0 Å². The van der Waals surface area contributed by atoms with Crippen LogP contribution in [0.25, 0.3) is 11.0 Å². The first-order valence-corrected chi connectivity index (χ1v) is 8.74. The number of non-ortho nitro benzene ring substituents is 1. The lowest BCUT2D eigenvalue weighted by atomic mass is 10.2. The van der Waals surface area contributed by atoms with Crippen LogP contribution >= 0.6 is 0 Å². The summed E-state index contributed by atoms with van der Waals surface area (Å²) in [6.45, 7) is 1.97. The van der Waals surface area contributed by atoms with Crippen LogP contribution in [0.4, 0.5) is 5.69 Å². The number of nitrogens with zero attached hydrogens (tertiary/aromatic N) is 1. The van der Waals surface area contributed by atoms with Crippen LogP contribution in [0.5, 0.6) is 0 Å². The molecule has 0 aliphatic carbocycles. The Labute approximate surface area is 160 Å². The smallest absolute Gasteiger partial charge is 0.269 e. The summed E-state index contributed by atoms with van der Waals surface area (Å²) in [6, 6.07) is 14.4. The lowest BCUT2D eigenvalue weighted by molar-refractivity contribution is -0.384. The van der Waals surface area contributed by atoms with Gasteiger partial charge in [0.1, 0.15) is 11.3 Å². The first-order chi connectivity index (χ1) is 13.4. The third-order valence-electron chi connectivity index (χ3n) is 4.23. The number of nitrogens with one attached hydrogen (secondary N) is 2. The minimum absolute atomic E-state index is 0.0875. The summed E-state index contributed by atoms with van der Waals surface area (Å²) < 4.78 is 5.73. The lowest BCUT2D eigenvalue weighted by Gasteiger charge is -2.11. The van der Waals surface area contributed by atoms with Gasteiger partial charge in [0, 0.05) is 36.0 Å². The number of carbonyl (C=O) groups excluding carboxylic acids is 2. The van der Waals surface area contributed by atoms with Crippen molar-refractivity contribution in [2.75, 3.05) is 6.54 Å². The van der Waals surface area contributed by atoms with Gasteiger partial charge in [0.05, 0.1) is 11.0 Å². The van der Waals surface area contributed by atoms with Crippen LogP contribution in [0.15, 0.2) is 59.0 Å². The molecule has 1 aromatic heterocycles. The van der Waals surface area contributed by atoms with E-state index in [-0.39, 0.29) is 30.6 Å². The van der Waals surface area contributed by atoms with E-state index in [1.54, 1.807) is 0 Å². The molecule has 2 amide bonds. The number of hydrogen-bond donors (Lipinski definition) is 2. The van der Waals surface area contributed by atoms with Gasteiger partial charge in [-0.1, -0.05) is 18.2 Å². The van der Waals surface area contributed by atoms with Crippen LogP contribution in [0, 0.1) is 10.1 Å². The fourth-order valence-corrected chi connectivity index (χ4v) is 2.73. The molecule has 0 bridgehead atoms. The van der Waals surface area contributed by atoms with E-state index in [0.29, 0.717) is 11.3 Å². The van der Waals surface area contributed by atoms with E-state index < -0.39 is 10.8 Å². The zero-order valence-corrected chi connectivity index (χ0v) is 15.2. The average molecular weight is 381 g/mol. The van der Waals surface area contributed by atoms with Gasteiger partial charge in [-0.2, -0.15) is 0 Å². The van der Waals surface area contributed by atoms with Crippen molar-refractivity contribution in [2.24, 2.45) is 0 Å². The molecule has 0 fully saturated rings. The van der Waals surface area contributed by atoms with Gasteiger partial charge in [0.2, 0.25) is 5.91 Å². The van der Waals surface area contributed by atoms with E-state index in [2.05, 4.69) is 10.6 Å². The molecule has 0 saturated carbocycles. The number of para-hydroxylation sites is 1. The van der Waals surface area contributed by atoms with Gasteiger partial charge >= 0.3 is 0 Å². The molecule has 1 heterocycles. The Morgan fingerprint density at radius 3 is 2.54 bits per heavy atom. The Balaban J connectivity index is 1.47. The van der Waals surface area contributed by atoms with Crippen molar-refractivity contribution in [2.45, 2.75) is 19.4 Å². The van der Waals surface area contributed by atoms with Crippen LogP contribution < -0.4 is 10.6 Å². The number of nitro groups is 1. The highest BCUT2D eigenvalue weighted by Crippen LogP contribution is 2.23. The molecule has 144 valence electrons. The minimum atomic E-state index is -0.533. The third-order valence-corrected chi connectivity index (χ3v) is 4.23. The zero-order chi connectivity index (χ0) is 20.1. The van der Waals surface area contributed by atoms with Crippen molar-refractivity contribution in [1.82, 2.24) is 10.6 Å². The number of rotatable bonds is 7. The van der Waals surface area contributed by atoms with Gasteiger partial charge in [-0.25, -0.2) is 0 Å². The highest BCUT2D eigenvalue weighted by atomic mass is 16.6. The highest BCUT2D eigenvalue weighted by Gasteiger charge is 2.15. The lowest BCUT2D eigenvalue weighted by Crippen LogP contribution is -2.32. The SMILES string of the molecule is C[C@@H](NC(=O)CCNC(=O)c1ccc([N+](=O)[O-])cc1)c1cc2ccccc2o1. The van der Waals surface area contributed by atoms with Crippen molar-refractivity contribution in [3.63, 3.8) is 0 Å². The van der Waals surface area contributed by atoms with Crippen LogP contribution in [-0.4, -0.2) is 23.3 Å². The van der Waals surface area contributed by atoms with Crippen molar-refractivity contribution in [3.05, 3.63) is 76.0 Å². The summed E-state index contributed by atoms with van der Waals surface area (Å²) in [5.41, 5.74) is 0.964. The van der Waals surface area contributed by atoms with Crippen LogP contribution in [0.1, 0.15) is 35.5 Å². The first-order valence-electron chi connectivity index (χ1n) is 8.74. The van der Waals surface area contributed by atoms with Gasteiger partial charge < -0.3 is 15.1 Å². The quantitative estimate of drug-likeness (QED) is 0.481. The molecule has 3 rings (SSSR count). The van der Waals surface area contributed by atoms with E-state index in [1.807, 2.05) is 37.3 Å². The maximum Gasteiger partial charge on any atom is 0.269 e.